The van der Waals surface area contributed by atoms with E-state index in [0.29, 0.717) is 35.9 Å². The van der Waals surface area contributed by atoms with Crippen molar-refractivity contribution in [3.05, 3.63) is 84.2 Å². The highest BCUT2D eigenvalue weighted by molar-refractivity contribution is 5.98. The van der Waals surface area contributed by atoms with E-state index in [1.54, 1.807) is 16.7 Å². The van der Waals surface area contributed by atoms with E-state index in [1.165, 1.54) is 0 Å². The molecule has 0 bridgehead atoms. The molecule has 1 saturated heterocycles. The molecule has 178 valence electrons. The summed E-state index contributed by atoms with van der Waals surface area (Å²) in [5.74, 6) is 1.15. The molecular weight excluding hydrogens is 442 g/mol. The van der Waals surface area contributed by atoms with Crippen molar-refractivity contribution in [2.75, 3.05) is 13.1 Å². The fourth-order valence-electron chi connectivity index (χ4n) is 4.63. The van der Waals surface area contributed by atoms with Crippen LogP contribution in [-0.4, -0.2) is 44.4 Å². The number of carbonyl (C=O) groups is 2. The molecule has 0 aliphatic carbocycles. The summed E-state index contributed by atoms with van der Waals surface area (Å²) in [6.45, 7) is 3.21. The molecule has 1 aliphatic heterocycles. The average Bonchev–Trinajstić information content (AvgIpc) is 3.45. The van der Waals surface area contributed by atoms with Gasteiger partial charge in [-0.25, -0.2) is 9.50 Å². The maximum absolute atomic E-state index is 12.4. The van der Waals surface area contributed by atoms with Crippen LogP contribution in [0.1, 0.15) is 41.7 Å². The minimum atomic E-state index is -0.558. The lowest BCUT2D eigenvalue weighted by molar-refractivity contribution is -0.127. The maximum atomic E-state index is 12.4. The lowest BCUT2D eigenvalue weighted by Crippen LogP contribution is -2.36. The SMILES string of the molecule is C/C=C/C(=O)N1CCC(c2c[nH]n3c(C(N)=O)c(-c4ccc(Oc5ccccc5)cc4)nc23)CC1. The zero-order chi connectivity index (χ0) is 24.4. The Morgan fingerprint density at radius 2 is 1.74 bits per heavy atom. The highest BCUT2D eigenvalue weighted by atomic mass is 16.5. The maximum Gasteiger partial charge on any atom is 0.269 e. The van der Waals surface area contributed by atoms with Gasteiger partial charge in [-0.15, -0.1) is 0 Å². The number of fused-ring (bicyclic) bond motifs is 1. The number of carbonyl (C=O) groups excluding carboxylic acids is 2. The van der Waals surface area contributed by atoms with Gasteiger partial charge in [0.15, 0.2) is 11.3 Å². The van der Waals surface area contributed by atoms with Gasteiger partial charge >= 0.3 is 0 Å². The smallest absolute Gasteiger partial charge is 0.269 e. The summed E-state index contributed by atoms with van der Waals surface area (Å²) in [7, 11) is 0. The summed E-state index contributed by atoms with van der Waals surface area (Å²) in [4.78, 5) is 31.3. The van der Waals surface area contributed by atoms with E-state index in [-0.39, 0.29) is 11.8 Å². The predicted molar refractivity (Wildman–Crippen MR) is 133 cm³/mol. The number of imidazole rings is 1. The highest BCUT2D eigenvalue weighted by Gasteiger charge is 2.28. The third-order valence-corrected chi connectivity index (χ3v) is 6.38. The quantitative estimate of drug-likeness (QED) is 0.406. The molecule has 2 aromatic carbocycles. The van der Waals surface area contributed by atoms with Crippen LogP contribution in [0.3, 0.4) is 0 Å². The van der Waals surface area contributed by atoms with Crippen LogP contribution in [-0.2, 0) is 4.79 Å². The van der Waals surface area contributed by atoms with E-state index < -0.39 is 5.91 Å². The molecule has 35 heavy (non-hydrogen) atoms. The Labute approximate surface area is 203 Å². The van der Waals surface area contributed by atoms with Gasteiger partial charge in [-0.1, -0.05) is 24.3 Å². The van der Waals surface area contributed by atoms with Gasteiger partial charge in [0.25, 0.3) is 5.91 Å². The molecule has 0 saturated carbocycles. The second kappa shape index (κ2) is 9.50. The first-order valence-corrected chi connectivity index (χ1v) is 11.7. The number of primary amides is 1. The molecule has 8 heteroatoms. The number of benzene rings is 2. The molecule has 3 N–H and O–H groups in total. The normalized spacial score (nSPS) is 14.6. The second-order valence-electron chi connectivity index (χ2n) is 8.60. The Bertz CT molecular complexity index is 1380. The first-order valence-electron chi connectivity index (χ1n) is 11.7. The van der Waals surface area contributed by atoms with E-state index in [4.69, 9.17) is 15.5 Å². The molecule has 5 rings (SSSR count). The number of H-pyrrole nitrogens is 1. The molecule has 1 fully saturated rings. The molecule has 2 amide bonds. The number of aromatic nitrogens is 3. The third-order valence-electron chi connectivity index (χ3n) is 6.38. The van der Waals surface area contributed by atoms with Crippen molar-refractivity contribution in [1.29, 1.82) is 0 Å². The second-order valence-corrected chi connectivity index (χ2v) is 8.60. The Kier molecular flexibility index (Phi) is 6.10. The number of allylic oxidation sites excluding steroid dienone is 1. The largest absolute Gasteiger partial charge is 0.457 e. The number of nitrogens with zero attached hydrogens (tertiary/aromatic N) is 3. The number of ether oxygens (including phenoxy) is 1. The van der Waals surface area contributed by atoms with E-state index >= 15 is 0 Å². The molecule has 0 unspecified atom stereocenters. The Hall–Kier alpha value is -4.33. The van der Waals surface area contributed by atoms with Gasteiger partial charge in [-0.05, 0) is 68.2 Å². The van der Waals surface area contributed by atoms with Crippen molar-refractivity contribution in [1.82, 2.24) is 19.5 Å². The summed E-state index contributed by atoms with van der Waals surface area (Å²) >= 11 is 0. The fraction of sp³-hybridized carbons (Fsp3) is 0.222. The Morgan fingerprint density at radius 1 is 1.06 bits per heavy atom. The summed E-state index contributed by atoms with van der Waals surface area (Å²) in [6, 6.07) is 17.0. The fourth-order valence-corrected chi connectivity index (χ4v) is 4.63. The Morgan fingerprint density at radius 3 is 2.40 bits per heavy atom. The number of amides is 2. The van der Waals surface area contributed by atoms with Crippen molar-refractivity contribution in [3.8, 4) is 22.8 Å². The predicted octanol–water partition coefficient (Wildman–Crippen LogP) is 4.50. The van der Waals surface area contributed by atoms with Crippen molar-refractivity contribution in [3.63, 3.8) is 0 Å². The first kappa shape index (κ1) is 22.5. The molecule has 3 heterocycles. The number of nitrogens with one attached hydrogen (secondary N) is 1. The van der Waals surface area contributed by atoms with Crippen LogP contribution in [0.4, 0.5) is 0 Å². The van der Waals surface area contributed by atoms with Gasteiger partial charge in [-0.3, -0.25) is 14.7 Å². The van der Waals surface area contributed by atoms with Gasteiger partial charge in [0.2, 0.25) is 5.91 Å². The van der Waals surface area contributed by atoms with E-state index in [2.05, 4.69) is 5.10 Å². The summed E-state index contributed by atoms with van der Waals surface area (Å²) in [5.41, 5.74) is 9.09. The number of rotatable bonds is 6. The van der Waals surface area contributed by atoms with Crippen molar-refractivity contribution >= 4 is 17.5 Å². The molecule has 4 aromatic rings. The van der Waals surface area contributed by atoms with E-state index in [0.717, 1.165) is 29.7 Å². The number of aromatic amines is 1. The van der Waals surface area contributed by atoms with Crippen LogP contribution < -0.4 is 10.5 Å². The number of nitrogens with two attached hydrogens (primary N) is 1. The van der Waals surface area contributed by atoms with Crippen LogP contribution in [0.15, 0.2) is 72.9 Å². The van der Waals surface area contributed by atoms with Gasteiger partial charge in [-0.2, -0.15) is 0 Å². The third kappa shape index (κ3) is 4.42. The summed E-state index contributed by atoms with van der Waals surface area (Å²) < 4.78 is 7.54. The lowest BCUT2D eigenvalue weighted by atomic mass is 9.91. The van der Waals surface area contributed by atoms with Gasteiger partial charge in [0, 0.05) is 30.4 Å². The van der Waals surface area contributed by atoms with Crippen LogP contribution in [0.2, 0.25) is 0 Å². The standard InChI is InChI=1S/C27H27N5O3/c1-2-6-23(33)31-15-13-18(14-16-31)22-17-29-32-25(26(28)34)24(30-27(22)32)19-9-11-21(12-10-19)35-20-7-4-3-5-8-20/h2-12,17-18,29H,13-16H2,1H3,(H2,28,34)/b6-2+. The van der Waals surface area contributed by atoms with Crippen molar-refractivity contribution in [2.24, 2.45) is 5.73 Å². The van der Waals surface area contributed by atoms with Gasteiger partial charge < -0.3 is 15.4 Å². The molecule has 1 aliphatic rings. The number of para-hydroxylation sites is 1. The molecular formula is C27H27N5O3. The Balaban J connectivity index is 1.41. The molecule has 0 radical (unpaired) electrons. The topological polar surface area (TPSA) is 106 Å². The monoisotopic (exact) mass is 469 g/mol. The van der Waals surface area contributed by atoms with Crippen molar-refractivity contribution in [2.45, 2.75) is 25.7 Å². The minimum absolute atomic E-state index is 0.0453. The molecule has 0 atom stereocenters. The zero-order valence-corrected chi connectivity index (χ0v) is 19.5. The highest BCUT2D eigenvalue weighted by Crippen LogP contribution is 2.34. The average molecular weight is 470 g/mol. The first-order chi connectivity index (χ1) is 17.0. The number of hydrogen-bond donors (Lipinski definition) is 2. The summed E-state index contributed by atoms with van der Waals surface area (Å²) in [6.07, 6.45) is 6.92. The van der Waals surface area contributed by atoms with Gasteiger partial charge in [0.1, 0.15) is 17.2 Å². The van der Waals surface area contributed by atoms with Crippen LogP contribution >= 0.6 is 0 Å². The summed E-state index contributed by atoms with van der Waals surface area (Å²) in [5, 5.41) is 3.16. The zero-order valence-electron chi connectivity index (χ0n) is 19.5. The molecule has 8 nitrogen and oxygen atoms in total. The lowest BCUT2D eigenvalue weighted by Gasteiger charge is -2.30. The van der Waals surface area contributed by atoms with Gasteiger partial charge in [0.05, 0.1) is 0 Å². The van der Waals surface area contributed by atoms with Crippen LogP contribution in [0.25, 0.3) is 16.9 Å². The van der Waals surface area contributed by atoms with Crippen LogP contribution in [0, 0.1) is 0 Å². The number of piperidine rings is 1. The van der Waals surface area contributed by atoms with Crippen molar-refractivity contribution < 1.29 is 14.3 Å². The van der Waals surface area contributed by atoms with E-state index in [1.807, 2.05) is 72.6 Å². The van der Waals surface area contributed by atoms with E-state index in [9.17, 15) is 9.59 Å². The van der Waals surface area contributed by atoms with Crippen LogP contribution in [0.5, 0.6) is 11.5 Å². The minimum Gasteiger partial charge on any atom is -0.457 e. The molecule has 2 aromatic heterocycles. The molecule has 0 spiro atoms. The number of likely N-dealkylation sites (tertiary alicyclic amines) is 1. The number of hydrogen-bond acceptors (Lipinski definition) is 4.